The van der Waals surface area contributed by atoms with E-state index in [2.05, 4.69) is 25.0 Å². The van der Waals surface area contributed by atoms with Crippen LogP contribution in [0.1, 0.15) is 16.2 Å². The molecule has 0 saturated carbocycles. The number of nitrogens with one attached hydrogen (secondary N) is 1. The molecule has 6 nitrogen and oxygen atoms in total. The number of halogens is 3. The summed E-state index contributed by atoms with van der Waals surface area (Å²) in [5, 5.41) is 5.83. The average Bonchev–Trinajstić information content (AvgIpc) is 3.07. The summed E-state index contributed by atoms with van der Waals surface area (Å²) >= 11 is 0. The number of aromatic nitrogens is 3. The SMILES string of the molecule is O=C(Nc1ccc(-c2noc(C(F)(F)F)n2)cn1)c1ccccc1. The van der Waals surface area contributed by atoms with Crippen LogP contribution in [0.2, 0.25) is 0 Å². The van der Waals surface area contributed by atoms with Gasteiger partial charge in [0, 0.05) is 17.3 Å². The summed E-state index contributed by atoms with van der Waals surface area (Å²) in [7, 11) is 0. The highest BCUT2D eigenvalue weighted by Crippen LogP contribution is 2.29. The summed E-state index contributed by atoms with van der Waals surface area (Å²) in [6.45, 7) is 0. The van der Waals surface area contributed by atoms with E-state index in [0.29, 0.717) is 5.56 Å². The van der Waals surface area contributed by atoms with Crippen molar-refractivity contribution in [3.63, 3.8) is 0 Å². The quantitative estimate of drug-likeness (QED) is 0.794. The largest absolute Gasteiger partial charge is 0.471 e. The Morgan fingerprint density at radius 3 is 2.42 bits per heavy atom. The van der Waals surface area contributed by atoms with E-state index in [0.717, 1.165) is 0 Å². The normalized spacial score (nSPS) is 11.3. The second kappa shape index (κ2) is 6.11. The van der Waals surface area contributed by atoms with E-state index in [1.165, 1.54) is 18.3 Å². The Balaban J connectivity index is 1.74. The Labute approximate surface area is 133 Å². The molecule has 0 unspecified atom stereocenters. The van der Waals surface area contributed by atoms with Crippen molar-refractivity contribution in [1.29, 1.82) is 0 Å². The fourth-order valence-corrected chi connectivity index (χ4v) is 1.83. The molecule has 0 bridgehead atoms. The lowest BCUT2D eigenvalue weighted by Crippen LogP contribution is -2.12. The molecule has 0 spiro atoms. The molecule has 3 aromatic rings. The van der Waals surface area contributed by atoms with Crippen molar-refractivity contribution in [2.75, 3.05) is 5.32 Å². The van der Waals surface area contributed by atoms with Crippen molar-refractivity contribution in [3.8, 4) is 11.4 Å². The van der Waals surface area contributed by atoms with Crippen LogP contribution in [0, 0.1) is 0 Å². The predicted octanol–water partition coefficient (Wildman–Crippen LogP) is 3.40. The lowest BCUT2D eigenvalue weighted by atomic mass is 10.2. The molecule has 0 aliphatic carbocycles. The van der Waals surface area contributed by atoms with E-state index in [4.69, 9.17) is 0 Å². The summed E-state index contributed by atoms with van der Waals surface area (Å²) in [6.07, 6.45) is -3.46. The standard InChI is InChI=1S/C15H9F3N4O2/c16-15(17,18)14-21-12(22-24-14)10-6-7-11(19-8-10)20-13(23)9-4-2-1-3-5-9/h1-8H,(H,19,20,23). The number of carbonyl (C=O) groups excluding carboxylic acids is 1. The first-order chi connectivity index (χ1) is 11.4. The van der Waals surface area contributed by atoms with Crippen LogP contribution in [-0.4, -0.2) is 21.0 Å². The number of nitrogens with zero attached hydrogens (tertiary/aromatic N) is 3. The van der Waals surface area contributed by atoms with Gasteiger partial charge in [0.25, 0.3) is 5.91 Å². The molecule has 1 aromatic carbocycles. The number of rotatable bonds is 3. The highest BCUT2D eigenvalue weighted by Gasteiger charge is 2.38. The Hall–Kier alpha value is -3.23. The van der Waals surface area contributed by atoms with Crippen LogP contribution in [0.4, 0.5) is 19.0 Å². The maximum atomic E-state index is 12.4. The zero-order valence-corrected chi connectivity index (χ0v) is 11.9. The molecule has 9 heteroatoms. The molecule has 1 N–H and O–H groups in total. The summed E-state index contributed by atoms with van der Waals surface area (Å²) in [4.78, 5) is 19.2. The van der Waals surface area contributed by atoms with Gasteiger partial charge in [-0.15, -0.1) is 0 Å². The van der Waals surface area contributed by atoms with Crippen LogP contribution in [0.3, 0.4) is 0 Å². The summed E-state index contributed by atoms with van der Waals surface area (Å²) in [6, 6.07) is 11.4. The molecule has 0 saturated heterocycles. The topological polar surface area (TPSA) is 80.9 Å². The second-order valence-electron chi connectivity index (χ2n) is 4.67. The zero-order chi connectivity index (χ0) is 17.2. The number of anilines is 1. The first-order valence-corrected chi connectivity index (χ1v) is 6.67. The molecule has 24 heavy (non-hydrogen) atoms. The summed E-state index contributed by atoms with van der Waals surface area (Å²) in [5.74, 6) is -1.78. The van der Waals surface area contributed by atoms with E-state index >= 15 is 0 Å². The molecule has 0 radical (unpaired) electrons. The number of hydrogen-bond donors (Lipinski definition) is 1. The van der Waals surface area contributed by atoms with Crippen LogP contribution in [0.25, 0.3) is 11.4 Å². The highest BCUT2D eigenvalue weighted by molar-refractivity contribution is 6.03. The number of carbonyl (C=O) groups is 1. The van der Waals surface area contributed by atoms with Crippen LogP contribution in [0.5, 0.6) is 0 Å². The second-order valence-corrected chi connectivity index (χ2v) is 4.67. The molecular weight excluding hydrogens is 325 g/mol. The first kappa shape index (κ1) is 15.7. The zero-order valence-electron chi connectivity index (χ0n) is 11.9. The number of benzene rings is 1. The molecule has 1 amide bonds. The first-order valence-electron chi connectivity index (χ1n) is 6.67. The van der Waals surface area contributed by atoms with Gasteiger partial charge in [-0.25, -0.2) is 4.98 Å². The highest BCUT2D eigenvalue weighted by atomic mass is 19.4. The molecular formula is C15H9F3N4O2. The lowest BCUT2D eigenvalue weighted by molar-refractivity contribution is -0.159. The third-order valence-electron chi connectivity index (χ3n) is 2.97. The number of amides is 1. The molecule has 0 atom stereocenters. The Kier molecular flexibility index (Phi) is 3.98. The minimum atomic E-state index is -4.71. The lowest BCUT2D eigenvalue weighted by Gasteiger charge is -2.04. The molecule has 0 fully saturated rings. The van der Waals surface area contributed by atoms with Gasteiger partial charge in [0.05, 0.1) is 0 Å². The van der Waals surface area contributed by atoms with Crippen LogP contribution >= 0.6 is 0 Å². The van der Waals surface area contributed by atoms with Gasteiger partial charge in [-0.3, -0.25) is 4.79 Å². The van der Waals surface area contributed by atoms with Crippen LogP contribution < -0.4 is 5.32 Å². The molecule has 122 valence electrons. The van der Waals surface area contributed by atoms with Crippen molar-refractivity contribution in [2.24, 2.45) is 0 Å². The van der Waals surface area contributed by atoms with E-state index in [9.17, 15) is 18.0 Å². The minimum Gasteiger partial charge on any atom is -0.329 e. The maximum absolute atomic E-state index is 12.4. The predicted molar refractivity (Wildman–Crippen MR) is 76.9 cm³/mol. The van der Waals surface area contributed by atoms with Gasteiger partial charge in [-0.05, 0) is 24.3 Å². The van der Waals surface area contributed by atoms with Crippen molar-refractivity contribution in [1.82, 2.24) is 15.1 Å². The molecule has 2 aromatic heterocycles. The molecule has 3 rings (SSSR count). The smallest absolute Gasteiger partial charge is 0.329 e. The average molecular weight is 334 g/mol. The molecule has 2 heterocycles. The van der Waals surface area contributed by atoms with Gasteiger partial charge in [0.1, 0.15) is 5.82 Å². The fraction of sp³-hybridized carbons (Fsp3) is 0.0667. The Morgan fingerprint density at radius 2 is 1.83 bits per heavy atom. The van der Waals surface area contributed by atoms with Crippen LogP contribution in [0.15, 0.2) is 53.2 Å². The summed E-state index contributed by atoms with van der Waals surface area (Å²) in [5.41, 5.74) is 0.684. The number of alkyl halides is 3. The van der Waals surface area contributed by atoms with Gasteiger partial charge in [0.15, 0.2) is 0 Å². The summed E-state index contributed by atoms with van der Waals surface area (Å²) < 4.78 is 41.4. The van der Waals surface area contributed by atoms with Crippen LogP contribution in [-0.2, 0) is 6.18 Å². The third-order valence-corrected chi connectivity index (χ3v) is 2.97. The van der Waals surface area contributed by atoms with Crippen molar-refractivity contribution in [2.45, 2.75) is 6.18 Å². The third kappa shape index (κ3) is 3.40. The van der Waals surface area contributed by atoms with Crippen molar-refractivity contribution in [3.05, 3.63) is 60.1 Å². The van der Waals surface area contributed by atoms with E-state index in [1.807, 2.05) is 0 Å². The number of pyridine rings is 1. The monoisotopic (exact) mass is 334 g/mol. The van der Waals surface area contributed by atoms with Crippen molar-refractivity contribution < 1.29 is 22.5 Å². The maximum Gasteiger partial charge on any atom is 0.471 e. The van der Waals surface area contributed by atoms with Gasteiger partial charge in [-0.2, -0.15) is 18.2 Å². The van der Waals surface area contributed by atoms with E-state index in [-0.39, 0.29) is 23.1 Å². The Bertz CT molecular complexity index is 845. The number of hydrogen-bond acceptors (Lipinski definition) is 5. The molecule has 0 aliphatic rings. The van der Waals surface area contributed by atoms with Gasteiger partial charge < -0.3 is 9.84 Å². The van der Waals surface area contributed by atoms with E-state index < -0.39 is 12.1 Å². The van der Waals surface area contributed by atoms with Crippen molar-refractivity contribution >= 4 is 11.7 Å². The van der Waals surface area contributed by atoms with E-state index in [1.54, 1.807) is 30.3 Å². The fourth-order valence-electron chi connectivity index (χ4n) is 1.83. The minimum absolute atomic E-state index is 0.229. The van der Waals surface area contributed by atoms with Gasteiger partial charge in [-0.1, -0.05) is 23.4 Å². The molecule has 0 aliphatic heterocycles. The Morgan fingerprint density at radius 1 is 1.08 bits per heavy atom. The van der Waals surface area contributed by atoms with Gasteiger partial charge >= 0.3 is 12.1 Å². The van der Waals surface area contributed by atoms with Gasteiger partial charge in [0.2, 0.25) is 5.82 Å².